The van der Waals surface area contributed by atoms with Crippen LogP contribution >= 0.6 is 11.3 Å². The molecule has 14 heavy (non-hydrogen) atoms. The molecule has 0 aliphatic heterocycles. The molecule has 0 saturated heterocycles. The molecule has 74 valence electrons. The van der Waals surface area contributed by atoms with Crippen LogP contribution in [0.25, 0.3) is 6.08 Å². The predicted octanol–water partition coefficient (Wildman–Crippen LogP) is 2.14. The Kier molecular flexibility index (Phi) is 3.59. The minimum Gasteiger partial charge on any atom is -0.466 e. The Morgan fingerprint density at radius 3 is 2.71 bits per heavy atom. The quantitative estimate of drug-likeness (QED) is 0.436. The van der Waals surface area contributed by atoms with Gasteiger partial charge in [-0.1, -0.05) is 0 Å². The number of carbonyl (C=O) groups excluding carboxylic acids is 2. The lowest BCUT2D eigenvalue weighted by atomic mass is 10.2. The molecule has 1 heterocycles. The highest BCUT2D eigenvalue weighted by Crippen LogP contribution is 2.16. The lowest BCUT2D eigenvalue weighted by molar-refractivity contribution is -0.134. The van der Waals surface area contributed by atoms with E-state index in [1.807, 2.05) is 5.38 Å². The van der Waals surface area contributed by atoms with Gasteiger partial charge in [0.15, 0.2) is 5.78 Å². The minimum atomic E-state index is -0.402. The van der Waals surface area contributed by atoms with Crippen LogP contribution in [0.5, 0.6) is 0 Å². The van der Waals surface area contributed by atoms with Crippen LogP contribution in [0.2, 0.25) is 0 Å². The third-order valence-corrected chi connectivity index (χ3v) is 2.63. The zero-order chi connectivity index (χ0) is 10.6. The average Bonchev–Trinajstić information content (AvgIpc) is 2.62. The summed E-state index contributed by atoms with van der Waals surface area (Å²) in [7, 11) is 1.32. The van der Waals surface area contributed by atoms with Crippen molar-refractivity contribution in [2.45, 2.75) is 6.92 Å². The normalized spacial score (nSPS) is 10.4. The van der Waals surface area contributed by atoms with E-state index < -0.39 is 5.97 Å². The zero-order valence-corrected chi connectivity index (χ0v) is 8.76. The number of rotatable bonds is 3. The molecule has 0 bridgehead atoms. The predicted molar refractivity (Wildman–Crippen MR) is 55.4 cm³/mol. The van der Waals surface area contributed by atoms with Crippen LogP contribution in [0.4, 0.5) is 0 Å². The summed E-state index contributed by atoms with van der Waals surface area (Å²) in [5, 5.41) is 1.82. The molecule has 1 aromatic rings. The molecule has 3 nitrogen and oxygen atoms in total. The Hall–Kier alpha value is -1.42. The third kappa shape index (κ3) is 2.81. The summed E-state index contributed by atoms with van der Waals surface area (Å²) in [5.74, 6) is -0.367. The Morgan fingerprint density at radius 1 is 1.50 bits per heavy atom. The number of hydrogen-bond donors (Lipinski definition) is 0. The molecule has 0 aliphatic rings. The molecule has 4 heteroatoms. The SMILES string of the molecule is COC(=O)/C=C/c1csc(C(C)=O)c1. The van der Waals surface area contributed by atoms with E-state index in [1.54, 1.807) is 12.1 Å². The van der Waals surface area contributed by atoms with Crippen LogP contribution in [-0.4, -0.2) is 18.9 Å². The molecule has 0 N–H and O–H groups in total. The third-order valence-electron chi connectivity index (χ3n) is 1.58. The maximum atomic E-state index is 10.9. The molecule has 0 unspecified atom stereocenters. The zero-order valence-electron chi connectivity index (χ0n) is 7.94. The molecule has 0 radical (unpaired) electrons. The van der Waals surface area contributed by atoms with Crippen LogP contribution in [0.15, 0.2) is 17.5 Å². The Morgan fingerprint density at radius 2 is 2.21 bits per heavy atom. The van der Waals surface area contributed by atoms with Gasteiger partial charge >= 0.3 is 5.97 Å². The average molecular weight is 210 g/mol. The number of Topliss-reactive ketones (excluding diaryl/α,β-unsaturated/α-hetero) is 1. The highest BCUT2D eigenvalue weighted by atomic mass is 32.1. The summed E-state index contributed by atoms with van der Waals surface area (Å²) in [6, 6.07) is 1.74. The van der Waals surface area contributed by atoms with Crippen molar-refractivity contribution in [1.82, 2.24) is 0 Å². The van der Waals surface area contributed by atoms with Crippen molar-refractivity contribution in [3.8, 4) is 0 Å². The first-order valence-corrected chi connectivity index (χ1v) is 4.87. The van der Waals surface area contributed by atoms with Gasteiger partial charge in [-0.25, -0.2) is 4.79 Å². The maximum absolute atomic E-state index is 10.9. The fourth-order valence-corrected chi connectivity index (χ4v) is 1.64. The molecule has 0 aliphatic carbocycles. The van der Waals surface area contributed by atoms with Gasteiger partial charge in [-0.3, -0.25) is 4.79 Å². The molecule has 0 spiro atoms. The van der Waals surface area contributed by atoms with Gasteiger partial charge in [0.05, 0.1) is 12.0 Å². The number of hydrogen-bond acceptors (Lipinski definition) is 4. The Balaban J connectivity index is 2.73. The van der Waals surface area contributed by atoms with Gasteiger partial charge in [-0.2, -0.15) is 0 Å². The summed E-state index contributed by atoms with van der Waals surface area (Å²) in [6.07, 6.45) is 2.95. The second kappa shape index (κ2) is 4.72. The molecule has 0 saturated carbocycles. The van der Waals surface area contributed by atoms with Crippen LogP contribution in [0.3, 0.4) is 0 Å². The molecular formula is C10H10O3S. The lowest BCUT2D eigenvalue weighted by Gasteiger charge is -1.87. The molecule has 0 atom stereocenters. The number of thiophene rings is 1. The molecule has 1 aromatic heterocycles. The molecule has 0 fully saturated rings. The first-order chi connectivity index (χ1) is 6.63. The van der Waals surface area contributed by atoms with Gasteiger partial charge in [-0.15, -0.1) is 11.3 Å². The van der Waals surface area contributed by atoms with E-state index in [0.29, 0.717) is 4.88 Å². The van der Waals surface area contributed by atoms with E-state index in [0.717, 1.165) is 5.56 Å². The monoisotopic (exact) mass is 210 g/mol. The van der Waals surface area contributed by atoms with Crippen molar-refractivity contribution in [2.75, 3.05) is 7.11 Å². The van der Waals surface area contributed by atoms with Crippen molar-refractivity contribution < 1.29 is 14.3 Å². The largest absolute Gasteiger partial charge is 0.466 e. The van der Waals surface area contributed by atoms with Crippen molar-refractivity contribution in [3.63, 3.8) is 0 Å². The van der Waals surface area contributed by atoms with Crippen molar-refractivity contribution in [2.24, 2.45) is 0 Å². The van der Waals surface area contributed by atoms with Gasteiger partial charge in [0.2, 0.25) is 0 Å². The summed E-state index contributed by atoms with van der Waals surface area (Å²) in [5.41, 5.74) is 0.839. The van der Waals surface area contributed by atoms with E-state index in [9.17, 15) is 9.59 Å². The second-order valence-corrected chi connectivity index (χ2v) is 3.57. The fourth-order valence-electron chi connectivity index (χ4n) is 0.855. The topological polar surface area (TPSA) is 43.4 Å². The standard InChI is InChI=1S/C10H10O3S/c1-7(11)9-5-8(6-14-9)3-4-10(12)13-2/h3-6H,1-2H3/b4-3+. The van der Waals surface area contributed by atoms with E-state index in [-0.39, 0.29) is 5.78 Å². The number of ketones is 1. The van der Waals surface area contributed by atoms with Gasteiger partial charge in [0, 0.05) is 6.08 Å². The highest BCUT2D eigenvalue weighted by molar-refractivity contribution is 7.12. The van der Waals surface area contributed by atoms with E-state index in [4.69, 9.17) is 0 Å². The summed E-state index contributed by atoms with van der Waals surface area (Å²) in [6.45, 7) is 1.51. The smallest absolute Gasteiger partial charge is 0.330 e. The maximum Gasteiger partial charge on any atom is 0.330 e. The second-order valence-electron chi connectivity index (χ2n) is 2.66. The Labute approximate surface area is 86.0 Å². The highest BCUT2D eigenvalue weighted by Gasteiger charge is 2.02. The Bertz CT molecular complexity index is 376. The first kappa shape index (κ1) is 10.7. The van der Waals surface area contributed by atoms with Gasteiger partial charge in [-0.05, 0) is 30.0 Å². The van der Waals surface area contributed by atoms with Gasteiger partial charge < -0.3 is 4.74 Å². The van der Waals surface area contributed by atoms with Crippen LogP contribution in [-0.2, 0) is 9.53 Å². The van der Waals surface area contributed by atoms with Crippen LogP contribution in [0.1, 0.15) is 22.2 Å². The first-order valence-electron chi connectivity index (χ1n) is 3.99. The van der Waals surface area contributed by atoms with Gasteiger partial charge in [0.1, 0.15) is 0 Å². The van der Waals surface area contributed by atoms with E-state index >= 15 is 0 Å². The number of ether oxygens (including phenoxy) is 1. The van der Waals surface area contributed by atoms with E-state index in [2.05, 4.69) is 4.74 Å². The number of esters is 1. The van der Waals surface area contributed by atoms with E-state index in [1.165, 1.54) is 31.4 Å². The fraction of sp³-hybridized carbons (Fsp3) is 0.200. The molecule has 0 amide bonds. The number of methoxy groups -OCH3 is 1. The number of carbonyl (C=O) groups is 2. The van der Waals surface area contributed by atoms with Crippen molar-refractivity contribution in [3.05, 3.63) is 28.0 Å². The summed E-state index contributed by atoms with van der Waals surface area (Å²) >= 11 is 1.36. The van der Waals surface area contributed by atoms with Crippen LogP contribution in [0, 0.1) is 0 Å². The summed E-state index contributed by atoms with van der Waals surface area (Å²) in [4.78, 5) is 22.4. The minimum absolute atomic E-state index is 0.0349. The van der Waals surface area contributed by atoms with Gasteiger partial charge in [0.25, 0.3) is 0 Å². The summed E-state index contributed by atoms with van der Waals surface area (Å²) < 4.78 is 4.44. The lowest BCUT2D eigenvalue weighted by Crippen LogP contribution is -1.92. The molecular weight excluding hydrogens is 200 g/mol. The van der Waals surface area contributed by atoms with Crippen molar-refractivity contribution >= 4 is 29.2 Å². The van der Waals surface area contributed by atoms with Crippen molar-refractivity contribution in [1.29, 1.82) is 0 Å². The molecule has 0 aromatic carbocycles. The molecule has 1 rings (SSSR count). The van der Waals surface area contributed by atoms with Crippen LogP contribution < -0.4 is 0 Å².